The Balaban J connectivity index is 3.61. The number of hydrogen-bond donors (Lipinski definition) is 1. The smallest absolute Gasteiger partial charge is 0.407 e. The molecule has 6 nitrogen and oxygen atoms in total. The molecular weight excluding hydrogens is 551 g/mol. The van der Waals surface area contributed by atoms with Crippen LogP contribution in [0.25, 0.3) is 0 Å². The van der Waals surface area contributed by atoms with E-state index in [9.17, 15) is 4.79 Å². The predicted octanol–water partition coefficient (Wildman–Crippen LogP) is 9.90. The number of carbonyl (C=O) groups is 1. The van der Waals surface area contributed by atoms with Crippen molar-refractivity contribution in [3.8, 4) is 11.5 Å². The van der Waals surface area contributed by atoms with E-state index < -0.39 is 31.0 Å². The Hall–Kier alpha value is -1.30. The van der Waals surface area contributed by atoms with E-state index in [0.29, 0.717) is 13.2 Å². The summed E-state index contributed by atoms with van der Waals surface area (Å²) in [6.07, 6.45) is -0.774. The highest BCUT2D eigenvalue weighted by molar-refractivity contribution is 6.75. The van der Waals surface area contributed by atoms with Crippen molar-refractivity contribution in [3.63, 3.8) is 0 Å². The monoisotopic (exact) mass is 611 g/mol. The van der Waals surface area contributed by atoms with E-state index in [2.05, 4.69) is 119 Å². The van der Waals surface area contributed by atoms with Crippen LogP contribution < -0.4 is 14.2 Å². The lowest BCUT2D eigenvalue weighted by Crippen LogP contribution is -2.46. The molecule has 1 rings (SSSR count). The molecule has 0 aliphatic heterocycles. The van der Waals surface area contributed by atoms with Crippen LogP contribution in [0.2, 0.25) is 54.4 Å². The van der Waals surface area contributed by atoms with Crippen molar-refractivity contribution in [3.05, 3.63) is 23.8 Å². The van der Waals surface area contributed by atoms with Crippen LogP contribution in [0.4, 0.5) is 4.79 Å². The highest BCUT2D eigenvalue weighted by Crippen LogP contribution is 2.45. The minimum absolute atomic E-state index is 0.00918. The summed E-state index contributed by atoms with van der Waals surface area (Å²) < 4.78 is 26.0. The molecule has 40 heavy (non-hydrogen) atoms. The minimum atomic E-state index is -2.18. The number of carbonyl (C=O) groups excluding carboxylic acids is 1. The first-order valence-electron chi connectivity index (χ1n) is 14.8. The normalized spacial score (nSPS) is 14.7. The summed E-state index contributed by atoms with van der Waals surface area (Å²) in [6.45, 7) is 38.4. The van der Waals surface area contributed by atoms with E-state index in [-0.39, 0.29) is 27.1 Å². The summed E-state index contributed by atoms with van der Waals surface area (Å²) >= 11 is 0. The fraction of sp³-hybridized carbons (Fsp3) is 0.774. The maximum absolute atomic E-state index is 12.5. The summed E-state index contributed by atoms with van der Waals surface area (Å²) in [5.41, 5.74) is 0.963. The van der Waals surface area contributed by atoms with Crippen LogP contribution in [0.15, 0.2) is 18.2 Å². The molecule has 0 aromatic heterocycles. The lowest BCUT2D eigenvalue weighted by molar-refractivity contribution is 0.122. The Labute approximate surface area is 249 Å². The van der Waals surface area contributed by atoms with Gasteiger partial charge in [0.15, 0.2) is 8.32 Å². The van der Waals surface area contributed by atoms with Gasteiger partial charge in [0.25, 0.3) is 16.6 Å². The molecule has 1 aromatic rings. The molecular formula is C31H61NO5Si3. The molecule has 0 aliphatic rings. The molecule has 0 heterocycles. The number of amides is 1. The van der Waals surface area contributed by atoms with Gasteiger partial charge in [-0.3, -0.25) is 0 Å². The van der Waals surface area contributed by atoms with Gasteiger partial charge in [-0.25, -0.2) is 4.79 Å². The van der Waals surface area contributed by atoms with Gasteiger partial charge in [0.2, 0.25) is 0 Å². The maximum Gasteiger partial charge on any atom is 0.407 e. The van der Waals surface area contributed by atoms with Crippen LogP contribution in [0, 0.1) is 5.92 Å². The predicted molar refractivity (Wildman–Crippen MR) is 177 cm³/mol. The summed E-state index contributed by atoms with van der Waals surface area (Å²) in [6, 6.07) is 6.19. The van der Waals surface area contributed by atoms with Crippen molar-refractivity contribution in [2.24, 2.45) is 5.92 Å². The molecule has 1 amide bonds. The van der Waals surface area contributed by atoms with Gasteiger partial charge in [-0.2, -0.15) is 0 Å². The molecule has 1 atom stereocenters. The molecule has 1 unspecified atom stereocenters. The van der Waals surface area contributed by atoms with Crippen molar-refractivity contribution in [1.82, 2.24) is 5.32 Å². The third-order valence-corrected chi connectivity index (χ3v) is 22.1. The first-order chi connectivity index (χ1) is 17.7. The quantitative estimate of drug-likeness (QED) is 0.252. The van der Waals surface area contributed by atoms with Gasteiger partial charge >= 0.3 is 6.09 Å². The zero-order valence-electron chi connectivity index (χ0n) is 28.8. The second kappa shape index (κ2) is 12.9. The third-order valence-electron chi connectivity index (χ3n) is 8.90. The van der Waals surface area contributed by atoms with Gasteiger partial charge in [-0.05, 0) is 78.0 Å². The molecule has 0 spiro atoms. The number of rotatable bonds is 11. The van der Waals surface area contributed by atoms with Crippen LogP contribution in [0.3, 0.4) is 0 Å². The van der Waals surface area contributed by atoms with Crippen LogP contribution in [0.1, 0.15) is 87.8 Å². The summed E-state index contributed by atoms with van der Waals surface area (Å²) in [7, 11) is -6.47. The fourth-order valence-electron chi connectivity index (χ4n) is 2.97. The van der Waals surface area contributed by atoms with E-state index in [1.807, 2.05) is 19.9 Å². The van der Waals surface area contributed by atoms with Gasteiger partial charge in [0, 0.05) is 0 Å². The average Bonchev–Trinajstić information content (AvgIpc) is 2.73. The van der Waals surface area contributed by atoms with Crippen molar-refractivity contribution >= 4 is 31.0 Å². The summed E-state index contributed by atoms with van der Waals surface area (Å²) in [5.74, 6) is 1.82. The van der Waals surface area contributed by atoms with Crippen LogP contribution in [-0.2, 0) is 9.16 Å². The largest absolute Gasteiger partial charge is 0.541 e. The second-order valence-corrected chi connectivity index (χ2v) is 30.4. The SMILES string of the molecule is CC(C)COC(=O)NCC(O[Si](C)(C)C(C)(C)C)c1ccc(O[Si](C)(C)C(C)(C)C)c(O[Si](C)(C)C(C)(C)C)c1. The Kier molecular flexibility index (Phi) is 11.9. The Bertz CT molecular complexity index is 986. The number of nitrogens with one attached hydrogen (secondary N) is 1. The molecule has 0 fully saturated rings. The molecule has 0 saturated carbocycles. The standard InChI is InChI=1S/C31H61NO5Si3/c1-23(2)22-34-28(33)32-21-27(37-40(16,17)31(9,10)11)24-18-19-25(35-38(12,13)29(3,4)5)26(20-24)36-39(14,15)30(6,7)8/h18-20,23,27H,21-22H2,1-17H3,(H,32,33). The van der Waals surface area contributed by atoms with Crippen LogP contribution in [-0.4, -0.2) is 44.2 Å². The molecule has 1 N–H and O–H groups in total. The Morgan fingerprint density at radius 2 is 1.20 bits per heavy atom. The highest BCUT2D eigenvalue weighted by Gasteiger charge is 2.43. The van der Waals surface area contributed by atoms with Gasteiger partial charge in [0.05, 0.1) is 19.3 Å². The van der Waals surface area contributed by atoms with E-state index in [0.717, 1.165) is 17.1 Å². The van der Waals surface area contributed by atoms with E-state index in [1.54, 1.807) is 0 Å². The van der Waals surface area contributed by atoms with Gasteiger partial charge in [-0.1, -0.05) is 82.2 Å². The zero-order chi connectivity index (χ0) is 31.5. The molecule has 0 radical (unpaired) electrons. The highest BCUT2D eigenvalue weighted by atomic mass is 28.4. The van der Waals surface area contributed by atoms with Gasteiger partial charge in [-0.15, -0.1) is 0 Å². The molecule has 0 bridgehead atoms. The lowest BCUT2D eigenvalue weighted by atomic mass is 10.1. The first kappa shape index (κ1) is 36.7. The minimum Gasteiger partial charge on any atom is -0.541 e. The number of benzene rings is 1. The summed E-state index contributed by atoms with van der Waals surface area (Å²) in [5, 5.41) is 3.04. The Morgan fingerprint density at radius 3 is 1.62 bits per heavy atom. The molecule has 1 aromatic carbocycles. The molecule has 9 heteroatoms. The van der Waals surface area contributed by atoms with Crippen LogP contribution in [0.5, 0.6) is 11.5 Å². The number of ether oxygens (including phenoxy) is 1. The van der Waals surface area contributed by atoms with Crippen molar-refractivity contribution < 1.29 is 22.8 Å². The molecule has 0 saturated heterocycles. The molecule has 0 aliphatic carbocycles. The van der Waals surface area contributed by atoms with Crippen molar-refractivity contribution in [1.29, 1.82) is 0 Å². The fourth-order valence-corrected chi connectivity index (χ4v) is 6.30. The third kappa shape index (κ3) is 10.2. The second-order valence-electron chi connectivity index (χ2n) is 16.2. The zero-order valence-corrected chi connectivity index (χ0v) is 31.8. The lowest BCUT2D eigenvalue weighted by Gasteiger charge is -2.41. The van der Waals surface area contributed by atoms with Crippen molar-refractivity contribution in [2.75, 3.05) is 13.2 Å². The summed E-state index contributed by atoms with van der Waals surface area (Å²) in [4.78, 5) is 12.5. The van der Waals surface area contributed by atoms with Crippen LogP contribution >= 0.6 is 0 Å². The number of alkyl carbamates (subject to hydrolysis) is 1. The average molecular weight is 612 g/mol. The maximum atomic E-state index is 12.5. The van der Waals surface area contributed by atoms with E-state index in [1.165, 1.54) is 0 Å². The van der Waals surface area contributed by atoms with E-state index in [4.69, 9.17) is 18.0 Å². The van der Waals surface area contributed by atoms with Crippen molar-refractivity contribution in [2.45, 2.75) is 137 Å². The van der Waals surface area contributed by atoms with Gasteiger partial charge < -0.3 is 23.3 Å². The Morgan fingerprint density at radius 1 is 0.750 bits per heavy atom. The molecule has 232 valence electrons. The first-order valence-corrected chi connectivity index (χ1v) is 23.5. The topological polar surface area (TPSA) is 66.0 Å². The van der Waals surface area contributed by atoms with Gasteiger partial charge in [0.1, 0.15) is 11.5 Å². The van der Waals surface area contributed by atoms with E-state index >= 15 is 0 Å². The number of hydrogen-bond acceptors (Lipinski definition) is 5.